The van der Waals surface area contributed by atoms with Gasteiger partial charge in [0.05, 0.1) is 25.3 Å². The van der Waals surface area contributed by atoms with Crippen molar-refractivity contribution in [1.29, 1.82) is 0 Å². The Hall–Kier alpha value is -3.88. The maximum absolute atomic E-state index is 12.0. The van der Waals surface area contributed by atoms with Gasteiger partial charge in [-0.25, -0.2) is 5.43 Å². The van der Waals surface area contributed by atoms with E-state index in [1.54, 1.807) is 13.0 Å². The summed E-state index contributed by atoms with van der Waals surface area (Å²) >= 11 is 0. The number of hydrogen-bond acceptors (Lipinski definition) is 7. The molecule has 9 nitrogen and oxygen atoms in total. The number of methoxy groups -OCH3 is 1. The third-order valence-electron chi connectivity index (χ3n) is 3.77. The van der Waals surface area contributed by atoms with Crippen LogP contribution in [-0.2, 0) is 14.4 Å². The summed E-state index contributed by atoms with van der Waals surface area (Å²) in [6, 6.07) is 13.5. The number of hydrazone groups is 1. The smallest absolute Gasteiger partial charge is 0.329 e. The SMILES string of the molecule is COc1cc(/C=N\NC(=O)C(=O)N[C@@H](C)c2ccccc2)ccc1OCC(=O)[O-]. The fourth-order valence-electron chi connectivity index (χ4n) is 2.32. The molecular weight excluding hydrogens is 378 g/mol. The monoisotopic (exact) mass is 398 g/mol. The summed E-state index contributed by atoms with van der Waals surface area (Å²) in [6.45, 7) is 1.15. The number of benzene rings is 2. The number of nitrogens with one attached hydrogen (secondary N) is 2. The van der Waals surface area contributed by atoms with E-state index in [1.807, 2.05) is 30.3 Å². The molecule has 0 saturated carbocycles. The van der Waals surface area contributed by atoms with Gasteiger partial charge in [0, 0.05) is 0 Å². The summed E-state index contributed by atoms with van der Waals surface area (Å²) in [7, 11) is 1.39. The van der Waals surface area contributed by atoms with Crippen LogP contribution in [0, 0.1) is 0 Å². The topological polar surface area (TPSA) is 129 Å². The standard InChI is InChI=1S/C20H21N3O6/c1-13(15-6-4-3-5-7-15)22-19(26)20(27)23-21-11-14-8-9-16(17(10-14)28-2)29-12-18(24)25/h3-11,13H,12H2,1-2H3,(H,22,26)(H,23,27)(H,24,25)/p-1/b21-11-/t13-/m0/s1. The van der Waals surface area contributed by atoms with Gasteiger partial charge in [-0.1, -0.05) is 30.3 Å². The zero-order valence-electron chi connectivity index (χ0n) is 15.9. The van der Waals surface area contributed by atoms with Crippen LogP contribution in [0.15, 0.2) is 53.6 Å². The normalized spacial score (nSPS) is 11.5. The Bertz CT molecular complexity index is 898. The average molecular weight is 398 g/mol. The number of amides is 2. The lowest BCUT2D eigenvalue weighted by Gasteiger charge is -2.13. The molecule has 2 aromatic rings. The molecule has 2 N–H and O–H groups in total. The Kier molecular flexibility index (Phi) is 7.72. The Morgan fingerprint density at radius 1 is 1.10 bits per heavy atom. The molecular formula is C20H20N3O6-. The second-order valence-electron chi connectivity index (χ2n) is 5.88. The number of carbonyl (C=O) groups is 3. The third-order valence-corrected chi connectivity index (χ3v) is 3.77. The number of hydrogen-bond donors (Lipinski definition) is 2. The fourth-order valence-corrected chi connectivity index (χ4v) is 2.32. The van der Waals surface area contributed by atoms with E-state index in [0.29, 0.717) is 5.56 Å². The first-order valence-corrected chi connectivity index (χ1v) is 8.60. The van der Waals surface area contributed by atoms with Crippen LogP contribution >= 0.6 is 0 Å². The van der Waals surface area contributed by atoms with Gasteiger partial charge in [0.2, 0.25) is 0 Å². The lowest BCUT2D eigenvalue weighted by molar-refractivity contribution is -0.307. The van der Waals surface area contributed by atoms with Crippen molar-refractivity contribution >= 4 is 24.0 Å². The summed E-state index contributed by atoms with van der Waals surface area (Å²) in [5.41, 5.74) is 3.54. The molecule has 29 heavy (non-hydrogen) atoms. The van der Waals surface area contributed by atoms with Crippen molar-refractivity contribution in [3.8, 4) is 11.5 Å². The van der Waals surface area contributed by atoms with Crippen LogP contribution < -0.4 is 25.3 Å². The highest BCUT2D eigenvalue weighted by molar-refractivity contribution is 6.35. The molecule has 0 bridgehead atoms. The second kappa shape index (κ2) is 10.5. The van der Waals surface area contributed by atoms with Crippen molar-refractivity contribution in [2.75, 3.05) is 13.7 Å². The summed E-state index contributed by atoms with van der Waals surface area (Å²) in [5.74, 6) is -2.60. The van der Waals surface area contributed by atoms with Crippen LogP contribution in [0.4, 0.5) is 0 Å². The highest BCUT2D eigenvalue weighted by atomic mass is 16.5. The largest absolute Gasteiger partial charge is 0.546 e. The summed E-state index contributed by atoms with van der Waals surface area (Å²) in [4.78, 5) is 34.3. The van der Waals surface area contributed by atoms with Crippen LogP contribution in [0.1, 0.15) is 24.1 Å². The molecule has 1 atom stereocenters. The van der Waals surface area contributed by atoms with E-state index in [4.69, 9.17) is 9.47 Å². The Morgan fingerprint density at radius 2 is 1.83 bits per heavy atom. The molecule has 2 amide bonds. The number of carbonyl (C=O) groups excluding carboxylic acids is 3. The van der Waals surface area contributed by atoms with E-state index in [9.17, 15) is 19.5 Å². The van der Waals surface area contributed by atoms with Crippen LogP contribution in [0.2, 0.25) is 0 Å². The molecule has 0 spiro atoms. The lowest BCUT2D eigenvalue weighted by Crippen LogP contribution is -2.39. The number of ether oxygens (including phenoxy) is 2. The third kappa shape index (κ3) is 6.65. The van der Waals surface area contributed by atoms with Crippen molar-refractivity contribution in [2.45, 2.75) is 13.0 Å². The van der Waals surface area contributed by atoms with E-state index in [1.165, 1.54) is 25.5 Å². The van der Waals surface area contributed by atoms with E-state index in [-0.39, 0.29) is 17.5 Å². The molecule has 9 heteroatoms. The first-order valence-electron chi connectivity index (χ1n) is 8.60. The molecule has 2 rings (SSSR count). The molecule has 0 unspecified atom stereocenters. The number of rotatable bonds is 8. The van der Waals surface area contributed by atoms with Gasteiger partial charge < -0.3 is 24.7 Å². The van der Waals surface area contributed by atoms with Gasteiger partial charge in [-0.15, -0.1) is 0 Å². The predicted octanol–water partition coefficient (Wildman–Crippen LogP) is 0.151. The molecule has 2 aromatic carbocycles. The minimum atomic E-state index is -1.36. The quantitative estimate of drug-likeness (QED) is 0.370. The molecule has 0 fully saturated rings. The maximum Gasteiger partial charge on any atom is 0.329 e. The Morgan fingerprint density at radius 3 is 2.48 bits per heavy atom. The second-order valence-corrected chi connectivity index (χ2v) is 5.88. The molecule has 0 aliphatic carbocycles. The fraction of sp³-hybridized carbons (Fsp3) is 0.200. The highest BCUT2D eigenvalue weighted by Gasteiger charge is 2.16. The van der Waals surface area contributed by atoms with Gasteiger partial charge in [-0.3, -0.25) is 9.59 Å². The summed E-state index contributed by atoms with van der Waals surface area (Å²) in [5, 5.41) is 16.8. The highest BCUT2D eigenvalue weighted by Crippen LogP contribution is 2.27. The first kappa shape index (κ1) is 21.4. The van der Waals surface area contributed by atoms with E-state index >= 15 is 0 Å². The van der Waals surface area contributed by atoms with Gasteiger partial charge in [-0.05, 0) is 36.2 Å². The number of aliphatic carboxylic acids is 1. The number of carboxylic acids is 1. The van der Waals surface area contributed by atoms with Crippen LogP contribution in [0.3, 0.4) is 0 Å². The van der Waals surface area contributed by atoms with Gasteiger partial charge >= 0.3 is 11.8 Å². The van der Waals surface area contributed by atoms with Gasteiger partial charge in [0.25, 0.3) is 0 Å². The molecule has 0 heterocycles. The average Bonchev–Trinajstić information content (AvgIpc) is 2.72. The molecule has 0 aliphatic rings. The molecule has 152 valence electrons. The predicted molar refractivity (Wildman–Crippen MR) is 102 cm³/mol. The van der Waals surface area contributed by atoms with E-state index in [0.717, 1.165) is 5.56 Å². The molecule has 0 aliphatic heterocycles. The van der Waals surface area contributed by atoms with Crippen LogP contribution in [0.5, 0.6) is 11.5 Å². The van der Waals surface area contributed by atoms with Crippen LogP contribution in [0.25, 0.3) is 0 Å². The zero-order valence-corrected chi connectivity index (χ0v) is 15.9. The van der Waals surface area contributed by atoms with E-state index < -0.39 is 24.4 Å². The molecule has 0 radical (unpaired) electrons. The van der Waals surface area contributed by atoms with Gasteiger partial charge in [0.15, 0.2) is 11.5 Å². The van der Waals surface area contributed by atoms with Crippen LogP contribution in [-0.4, -0.2) is 37.7 Å². The van der Waals surface area contributed by atoms with Gasteiger partial charge in [-0.2, -0.15) is 5.10 Å². The minimum Gasteiger partial charge on any atom is -0.546 e. The Balaban J connectivity index is 1.91. The zero-order chi connectivity index (χ0) is 21.2. The van der Waals surface area contributed by atoms with Gasteiger partial charge in [0.1, 0.15) is 6.61 Å². The van der Waals surface area contributed by atoms with Crippen molar-refractivity contribution < 1.29 is 29.0 Å². The molecule has 0 aromatic heterocycles. The van der Waals surface area contributed by atoms with E-state index in [2.05, 4.69) is 15.8 Å². The van der Waals surface area contributed by atoms with Crippen molar-refractivity contribution in [1.82, 2.24) is 10.7 Å². The number of carboxylic acid groups (broad SMARTS) is 1. The summed E-state index contributed by atoms with van der Waals surface area (Å²) in [6.07, 6.45) is 1.30. The van der Waals surface area contributed by atoms with Crippen molar-refractivity contribution in [3.05, 3.63) is 59.7 Å². The Labute approximate surface area is 167 Å². The first-order chi connectivity index (χ1) is 13.9. The molecule has 0 saturated heterocycles. The maximum atomic E-state index is 12.0. The minimum absolute atomic E-state index is 0.215. The number of nitrogens with zero attached hydrogens (tertiary/aromatic N) is 1. The lowest BCUT2D eigenvalue weighted by atomic mass is 10.1. The summed E-state index contributed by atoms with van der Waals surface area (Å²) < 4.78 is 10.2. The van der Waals surface area contributed by atoms with Crippen molar-refractivity contribution in [2.24, 2.45) is 5.10 Å². The van der Waals surface area contributed by atoms with Crippen molar-refractivity contribution in [3.63, 3.8) is 0 Å².